The first-order chi connectivity index (χ1) is 15.0. The average molecular weight is 446 g/mol. The highest BCUT2D eigenvalue weighted by molar-refractivity contribution is 5.60. The van der Waals surface area contributed by atoms with E-state index in [2.05, 4.69) is 30.4 Å². The third-order valence-corrected chi connectivity index (χ3v) is 5.54. The molecule has 0 aliphatic carbocycles. The molecule has 1 atom stereocenters. The van der Waals surface area contributed by atoms with Crippen molar-refractivity contribution >= 4 is 12.3 Å². The molecule has 1 unspecified atom stereocenters. The molecule has 0 aliphatic rings. The molecule has 7 heteroatoms. The molecule has 0 saturated heterocycles. The quantitative estimate of drug-likeness (QED) is 0.157. The highest BCUT2D eigenvalue weighted by Crippen LogP contribution is 2.15. The lowest BCUT2D eigenvalue weighted by atomic mass is 10.0. The Bertz CT molecular complexity index is 428. The van der Waals surface area contributed by atoms with Gasteiger partial charge in [-0.15, -0.1) is 0 Å². The Morgan fingerprint density at radius 2 is 1.32 bits per heavy atom. The SMILES string of the molecule is CCCCCCCCCCCCC(CCOC(=O)O)OC(=O)OCCCN(CC)CC. The zero-order chi connectivity index (χ0) is 23.2. The number of ether oxygens (including phenoxy) is 3. The van der Waals surface area contributed by atoms with Gasteiger partial charge in [0, 0.05) is 13.0 Å². The standard InChI is InChI=1S/C24H47NO6/c1-4-7-8-9-10-11-12-13-14-15-17-22(18-21-29-23(26)27)31-24(28)30-20-16-19-25(5-2)6-3/h22H,4-21H2,1-3H3,(H,26,27). The van der Waals surface area contributed by atoms with Gasteiger partial charge < -0.3 is 24.2 Å². The largest absolute Gasteiger partial charge is 0.508 e. The molecule has 184 valence electrons. The van der Waals surface area contributed by atoms with Crippen molar-refractivity contribution in [1.29, 1.82) is 0 Å². The molecule has 0 aliphatic heterocycles. The molecule has 0 heterocycles. The summed E-state index contributed by atoms with van der Waals surface area (Å²) in [5.41, 5.74) is 0. The Hall–Kier alpha value is -1.50. The van der Waals surface area contributed by atoms with Crippen molar-refractivity contribution in [2.45, 2.75) is 110 Å². The van der Waals surface area contributed by atoms with Crippen LogP contribution in [0.4, 0.5) is 9.59 Å². The summed E-state index contributed by atoms with van der Waals surface area (Å²) in [5.74, 6) is 0. The van der Waals surface area contributed by atoms with Crippen LogP contribution in [0.25, 0.3) is 0 Å². The topological polar surface area (TPSA) is 85.3 Å². The fourth-order valence-corrected chi connectivity index (χ4v) is 3.55. The van der Waals surface area contributed by atoms with Crippen molar-refractivity contribution < 1.29 is 28.9 Å². The minimum Gasteiger partial charge on any atom is -0.450 e. The first kappa shape index (κ1) is 29.5. The van der Waals surface area contributed by atoms with Gasteiger partial charge in [-0.1, -0.05) is 78.6 Å². The Morgan fingerprint density at radius 1 is 0.742 bits per heavy atom. The van der Waals surface area contributed by atoms with Crippen LogP contribution in [-0.2, 0) is 14.2 Å². The van der Waals surface area contributed by atoms with E-state index in [1.807, 2.05) is 0 Å². The van der Waals surface area contributed by atoms with E-state index in [4.69, 9.17) is 14.6 Å². The zero-order valence-electron chi connectivity index (χ0n) is 20.2. The van der Waals surface area contributed by atoms with Gasteiger partial charge in [-0.25, -0.2) is 9.59 Å². The molecule has 0 rings (SSSR count). The van der Waals surface area contributed by atoms with Crippen molar-refractivity contribution in [1.82, 2.24) is 4.90 Å². The minimum absolute atomic E-state index is 0.0208. The van der Waals surface area contributed by atoms with Gasteiger partial charge in [0.2, 0.25) is 0 Å². The lowest BCUT2D eigenvalue weighted by Crippen LogP contribution is -2.26. The van der Waals surface area contributed by atoms with Crippen molar-refractivity contribution in [2.75, 3.05) is 32.8 Å². The van der Waals surface area contributed by atoms with Crippen LogP contribution >= 0.6 is 0 Å². The van der Waals surface area contributed by atoms with Crippen molar-refractivity contribution in [2.24, 2.45) is 0 Å². The molecule has 7 nitrogen and oxygen atoms in total. The minimum atomic E-state index is -1.31. The van der Waals surface area contributed by atoms with Crippen LogP contribution in [0.2, 0.25) is 0 Å². The number of nitrogens with zero attached hydrogens (tertiary/aromatic N) is 1. The number of hydrogen-bond acceptors (Lipinski definition) is 6. The molecular formula is C24H47NO6. The molecule has 31 heavy (non-hydrogen) atoms. The van der Waals surface area contributed by atoms with Gasteiger partial charge in [-0.2, -0.15) is 0 Å². The fourth-order valence-electron chi connectivity index (χ4n) is 3.55. The molecule has 1 N–H and O–H groups in total. The predicted molar refractivity (Wildman–Crippen MR) is 124 cm³/mol. The molecule has 0 saturated carbocycles. The third kappa shape index (κ3) is 20.2. The summed E-state index contributed by atoms with van der Waals surface area (Å²) in [6, 6.07) is 0. The first-order valence-corrected chi connectivity index (χ1v) is 12.4. The van der Waals surface area contributed by atoms with Gasteiger partial charge in [0.15, 0.2) is 0 Å². The van der Waals surface area contributed by atoms with E-state index in [1.54, 1.807) is 0 Å². The summed E-state index contributed by atoms with van der Waals surface area (Å²) in [6.45, 7) is 9.63. The van der Waals surface area contributed by atoms with E-state index in [9.17, 15) is 9.59 Å². The van der Waals surface area contributed by atoms with Crippen LogP contribution in [-0.4, -0.2) is 61.3 Å². The van der Waals surface area contributed by atoms with Crippen molar-refractivity contribution in [3.63, 3.8) is 0 Å². The highest BCUT2D eigenvalue weighted by atomic mass is 16.7. The molecule has 0 radical (unpaired) electrons. The molecule has 0 spiro atoms. The number of rotatable bonds is 21. The lowest BCUT2D eigenvalue weighted by molar-refractivity contribution is 0.00648. The van der Waals surface area contributed by atoms with Gasteiger partial charge in [0.1, 0.15) is 6.10 Å². The molecule has 0 aromatic rings. The summed E-state index contributed by atoms with van der Waals surface area (Å²) < 4.78 is 15.2. The van der Waals surface area contributed by atoms with E-state index in [0.717, 1.165) is 38.9 Å². The van der Waals surface area contributed by atoms with E-state index in [0.29, 0.717) is 19.4 Å². The van der Waals surface area contributed by atoms with Crippen LogP contribution in [0.1, 0.15) is 104 Å². The summed E-state index contributed by atoms with van der Waals surface area (Å²) in [6.07, 6.45) is 11.8. The first-order valence-electron chi connectivity index (χ1n) is 12.4. The van der Waals surface area contributed by atoms with Gasteiger partial charge in [0.25, 0.3) is 0 Å². The second kappa shape index (κ2) is 21.7. The lowest BCUT2D eigenvalue weighted by Gasteiger charge is -2.19. The molecule has 0 aromatic heterocycles. The normalized spacial score (nSPS) is 12.0. The van der Waals surface area contributed by atoms with Crippen LogP contribution in [0.3, 0.4) is 0 Å². The number of unbranched alkanes of at least 4 members (excludes halogenated alkanes) is 9. The number of carboxylic acid groups (broad SMARTS) is 1. The number of hydrogen-bond donors (Lipinski definition) is 1. The fraction of sp³-hybridized carbons (Fsp3) is 0.917. The van der Waals surface area contributed by atoms with Crippen LogP contribution in [0, 0.1) is 0 Å². The molecule has 0 bridgehead atoms. The number of carbonyl (C=O) groups is 2. The van der Waals surface area contributed by atoms with E-state index in [1.165, 1.54) is 51.4 Å². The second-order valence-corrected chi connectivity index (χ2v) is 8.09. The summed E-state index contributed by atoms with van der Waals surface area (Å²) in [5, 5.41) is 8.64. The maximum atomic E-state index is 12.0. The van der Waals surface area contributed by atoms with E-state index < -0.39 is 12.3 Å². The predicted octanol–water partition coefficient (Wildman–Crippen LogP) is 6.64. The molecule has 0 fully saturated rings. The van der Waals surface area contributed by atoms with Gasteiger partial charge in [-0.05, 0) is 32.4 Å². The Balaban J connectivity index is 4.02. The molecular weight excluding hydrogens is 398 g/mol. The Kier molecular flexibility index (Phi) is 20.7. The summed E-state index contributed by atoms with van der Waals surface area (Å²) in [4.78, 5) is 24.8. The van der Waals surface area contributed by atoms with Gasteiger partial charge in [-0.3, -0.25) is 0 Å². The Morgan fingerprint density at radius 3 is 1.87 bits per heavy atom. The Labute approximate surface area is 189 Å². The van der Waals surface area contributed by atoms with Gasteiger partial charge in [0.05, 0.1) is 13.2 Å². The van der Waals surface area contributed by atoms with Crippen molar-refractivity contribution in [3.05, 3.63) is 0 Å². The van der Waals surface area contributed by atoms with E-state index in [-0.39, 0.29) is 12.7 Å². The highest BCUT2D eigenvalue weighted by Gasteiger charge is 2.16. The van der Waals surface area contributed by atoms with E-state index >= 15 is 0 Å². The summed E-state index contributed by atoms with van der Waals surface area (Å²) in [7, 11) is 0. The maximum absolute atomic E-state index is 12.0. The average Bonchev–Trinajstić information content (AvgIpc) is 2.74. The van der Waals surface area contributed by atoms with Crippen LogP contribution < -0.4 is 0 Å². The van der Waals surface area contributed by atoms with Crippen LogP contribution in [0.15, 0.2) is 0 Å². The monoisotopic (exact) mass is 445 g/mol. The molecule has 0 aromatic carbocycles. The number of carbonyl (C=O) groups excluding carboxylic acids is 1. The second-order valence-electron chi connectivity index (χ2n) is 8.09. The molecule has 0 amide bonds. The summed E-state index contributed by atoms with van der Waals surface area (Å²) >= 11 is 0. The van der Waals surface area contributed by atoms with Crippen molar-refractivity contribution in [3.8, 4) is 0 Å². The van der Waals surface area contributed by atoms with Crippen LogP contribution in [0.5, 0.6) is 0 Å². The zero-order valence-corrected chi connectivity index (χ0v) is 20.2. The third-order valence-electron chi connectivity index (χ3n) is 5.54. The van der Waals surface area contributed by atoms with Gasteiger partial charge >= 0.3 is 12.3 Å². The smallest absolute Gasteiger partial charge is 0.450 e. The maximum Gasteiger partial charge on any atom is 0.508 e.